The predicted octanol–water partition coefficient (Wildman–Crippen LogP) is 4.31. The van der Waals surface area contributed by atoms with Gasteiger partial charge in [-0.2, -0.15) is 0 Å². The van der Waals surface area contributed by atoms with E-state index < -0.39 is 0 Å². The van der Waals surface area contributed by atoms with Gasteiger partial charge in [0.2, 0.25) is 5.88 Å². The molecule has 0 radical (unpaired) electrons. The smallest absolute Gasteiger partial charge is 0.218 e. The van der Waals surface area contributed by atoms with Gasteiger partial charge in [0.25, 0.3) is 0 Å². The summed E-state index contributed by atoms with van der Waals surface area (Å²) in [6.07, 6.45) is 0.939. The number of aromatic nitrogens is 1. The normalized spacial score (nSPS) is 14.2. The van der Waals surface area contributed by atoms with E-state index in [1.165, 1.54) is 22.1 Å². The lowest BCUT2D eigenvalue weighted by atomic mass is 10.0. The van der Waals surface area contributed by atoms with Crippen molar-refractivity contribution in [3.05, 3.63) is 58.7 Å². The molecule has 0 aliphatic carbocycles. The molecule has 0 N–H and O–H groups in total. The maximum Gasteiger partial charge on any atom is 0.218 e. The van der Waals surface area contributed by atoms with Gasteiger partial charge in [0, 0.05) is 30.6 Å². The Morgan fingerprint density at radius 1 is 1.03 bits per heavy atom. The Labute approximate surface area is 172 Å². The van der Waals surface area contributed by atoms with E-state index in [9.17, 15) is 0 Å². The standard InChI is InChI=1S/C24H28N2O3/c1-16-5-7-19-14-20-15-26(11-12-29-24(20)25-23(19)17(16)2)10-9-18-6-8-21(27-3)22(13-18)28-4/h5-8,13-14H,9-12,15H2,1-4H3. The Balaban J connectivity index is 1.52. The molecule has 0 saturated heterocycles. The van der Waals surface area contributed by atoms with Crippen LogP contribution in [0.15, 0.2) is 36.4 Å². The zero-order valence-corrected chi connectivity index (χ0v) is 17.6. The number of benzene rings is 2. The largest absolute Gasteiger partial charge is 0.493 e. The van der Waals surface area contributed by atoms with Crippen LogP contribution in [0.25, 0.3) is 10.9 Å². The highest BCUT2D eigenvalue weighted by Crippen LogP contribution is 2.30. The van der Waals surface area contributed by atoms with E-state index in [0.29, 0.717) is 6.61 Å². The lowest BCUT2D eigenvalue weighted by Gasteiger charge is -2.19. The summed E-state index contributed by atoms with van der Waals surface area (Å²) in [6.45, 7) is 7.59. The molecule has 1 aromatic heterocycles. The minimum Gasteiger partial charge on any atom is -0.493 e. The molecule has 0 saturated carbocycles. The fourth-order valence-corrected chi connectivity index (χ4v) is 3.85. The van der Waals surface area contributed by atoms with Gasteiger partial charge in [-0.05, 0) is 55.2 Å². The van der Waals surface area contributed by atoms with Crippen LogP contribution in [0, 0.1) is 13.8 Å². The van der Waals surface area contributed by atoms with Crippen LogP contribution in [0.3, 0.4) is 0 Å². The quantitative estimate of drug-likeness (QED) is 0.647. The third-order valence-electron chi connectivity index (χ3n) is 5.76. The number of methoxy groups -OCH3 is 2. The van der Waals surface area contributed by atoms with Gasteiger partial charge in [-0.3, -0.25) is 4.90 Å². The van der Waals surface area contributed by atoms with Crippen LogP contribution in [-0.2, 0) is 13.0 Å². The Bertz CT molecular complexity index is 1030. The topological polar surface area (TPSA) is 43.8 Å². The minimum atomic E-state index is 0.655. The number of pyridine rings is 1. The second kappa shape index (κ2) is 8.29. The highest BCUT2D eigenvalue weighted by Gasteiger charge is 2.18. The van der Waals surface area contributed by atoms with Crippen molar-refractivity contribution in [2.24, 2.45) is 0 Å². The van der Waals surface area contributed by atoms with Gasteiger partial charge in [-0.15, -0.1) is 0 Å². The number of ether oxygens (including phenoxy) is 3. The van der Waals surface area contributed by atoms with Crippen molar-refractivity contribution in [1.82, 2.24) is 9.88 Å². The first-order valence-electron chi connectivity index (χ1n) is 10.0. The Morgan fingerprint density at radius 2 is 1.86 bits per heavy atom. The lowest BCUT2D eigenvalue weighted by molar-refractivity contribution is 0.225. The van der Waals surface area contributed by atoms with Gasteiger partial charge < -0.3 is 14.2 Å². The molecule has 5 heteroatoms. The van der Waals surface area contributed by atoms with Crippen molar-refractivity contribution < 1.29 is 14.2 Å². The Hall–Kier alpha value is -2.79. The van der Waals surface area contributed by atoms with E-state index in [0.717, 1.165) is 54.5 Å². The summed E-state index contributed by atoms with van der Waals surface area (Å²) in [5.74, 6) is 2.31. The Kier molecular flexibility index (Phi) is 5.58. The first kappa shape index (κ1) is 19.5. The average Bonchev–Trinajstić information content (AvgIpc) is 2.95. The summed E-state index contributed by atoms with van der Waals surface area (Å²) in [4.78, 5) is 7.28. The number of aryl methyl sites for hydroxylation is 2. The molecular weight excluding hydrogens is 364 g/mol. The molecule has 5 nitrogen and oxygen atoms in total. The van der Waals surface area contributed by atoms with E-state index in [1.54, 1.807) is 14.2 Å². The van der Waals surface area contributed by atoms with Crippen LogP contribution < -0.4 is 14.2 Å². The van der Waals surface area contributed by atoms with Crippen LogP contribution in [-0.4, -0.2) is 43.8 Å². The summed E-state index contributed by atoms with van der Waals surface area (Å²) < 4.78 is 16.8. The van der Waals surface area contributed by atoms with Crippen LogP contribution in [0.5, 0.6) is 17.4 Å². The predicted molar refractivity (Wildman–Crippen MR) is 115 cm³/mol. The summed E-state index contributed by atoms with van der Waals surface area (Å²) >= 11 is 0. The molecule has 2 aromatic carbocycles. The average molecular weight is 392 g/mol. The van der Waals surface area contributed by atoms with Gasteiger partial charge in [0.1, 0.15) is 6.61 Å². The minimum absolute atomic E-state index is 0.655. The number of hydrogen-bond acceptors (Lipinski definition) is 5. The number of fused-ring (bicyclic) bond motifs is 2. The molecule has 152 valence electrons. The SMILES string of the molecule is COc1ccc(CCN2CCOc3nc4c(C)c(C)ccc4cc3C2)cc1OC. The highest BCUT2D eigenvalue weighted by atomic mass is 16.5. The van der Waals surface area contributed by atoms with Gasteiger partial charge in [0.05, 0.1) is 19.7 Å². The molecular formula is C24H28N2O3. The van der Waals surface area contributed by atoms with Crippen LogP contribution >= 0.6 is 0 Å². The maximum absolute atomic E-state index is 6.01. The second-order valence-corrected chi connectivity index (χ2v) is 7.60. The molecule has 0 bridgehead atoms. The Morgan fingerprint density at radius 3 is 2.66 bits per heavy atom. The molecule has 29 heavy (non-hydrogen) atoms. The van der Waals surface area contributed by atoms with E-state index in [1.807, 2.05) is 6.07 Å². The van der Waals surface area contributed by atoms with Crippen LogP contribution in [0.4, 0.5) is 0 Å². The van der Waals surface area contributed by atoms with Crippen molar-refractivity contribution in [2.75, 3.05) is 33.9 Å². The third kappa shape index (κ3) is 4.01. The van der Waals surface area contributed by atoms with Crippen molar-refractivity contribution in [3.8, 4) is 17.4 Å². The molecule has 0 spiro atoms. The molecule has 0 amide bonds. The summed E-state index contributed by atoms with van der Waals surface area (Å²) in [7, 11) is 3.33. The van der Waals surface area contributed by atoms with Crippen molar-refractivity contribution in [1.29, 1.82) is 0 Å². The molecule has 0 fully saturated rings. The summed E-state index contributed by atoms with van der Waals surface area (Å²) in [5, 5.41) is 1.18. The summed E-state index contributed by atoms with van der Waals surface area (Å²) in [5.41, 5.74) is 5.92. The first-order valence-corrected chi connectivity index (χ1v) is 10.0. The number of nitrogens with zero attached hydrogens (tertiary/aromatic N) is 2. The van der Waals surface area contributed by atoms with Gasteiger partial charge in [-0.1, -0.05) is 18.2 Å². The highest BCUT2D eigenvalue weighted by molar-refractivity contribution is 5.84. The van der Waals surface area contributed by atoms with Crippen LogP contribution in [0.1, 0.15) is 22.3 Å². The van der Waals surface area contributed by atoms with E-state index >= 15 is 0 Å². The molecule has 0 atom stereocenters. The lowest BCUT2D eigenvalue weighted by Crippen LogP contribution is -2.28. The second-order valence-electron chi connectivity index (χ2n) is 7.60. The molecule has 1 aliphatic heterocycles. The van der Waals surface area contributed by atoms with Crippen molar-refractivity contribution >= 4 is 10.9 Å². The molecule has 4 rings (SSSR count). The number of hydrogen-bond donors (Lipinski definition) is 0. The third-order valence-corrected chi connectivity index (χ3v) is 5.76. The van der Waals surface area contributed by atoms with Crippen LogP contribution in [0.2, 0.25) is 0 Å². The molecule has 1 aliphatic rings. The van der Waals surface area contributed by atoms with E-state index in [-0.39, 0.29) is 0 Å². The van der Waals surface area contributed by atoms with Gasteiger partial charge >= 0.3 is 0 Å². The van der Waals surface area contributed by atoms with E-state index in [2.05, 4.69) is 49.1 Å². The number of rotatable bonds is 5. The van der Waals surface area contributed by atoms with Gasteiger partial charge in [-0.25, -0.2) is 4.98 Å². The summed E-state index contributed by atoms with van der Waals surface area (Å²) in [6, 6.07) is 12.7. The molecule has 2 heterocycles. The van der Waals surface area contributed by atoms with Gasteiger partial charge in [0.15, 0.2) is 11.5 Å². The molecule has 0 unspecified atom stereocenters. The zero-order valence-electron chi connectivity index (χ0n) is 17.6. The maximum atomic E-state index is 6.01. The van der Waals surface area contributed by atoms with Crippen molar-refractivity contribution in [3.63, 3.8) is 0 Å². The van der Waals surface area contributed by atoms with Crippen molar-refractivity contribution in [2.45, 2.75) is 26.8 Å². The fourth-order valence-electron chi connectivity index (χ4n) is 3.85. The fraction of sp³-hybridized carbons (Fsp3) is 0.375. The first-order chi connectivity index (χ1) is 14.1. The zero-order chi connectivity index (χ0) is 20.4. The monoisotopic (exact) mass is 392 g/mol. The molecule has 3 aromatic rings. The van der Waals surface area contributed by atoms with E-state index in [4.69, 9.17) is 19.2 Å².